The number of H-pyrrole nitrogens is 1. The van der Waals surface area contributed by atoms with E-state index < -0.39 is 0 Å². The number of aromatic amines is 1. The monoisotopic (exact) mass is 284 g/mol. The first kappa shape index (κ1) is 13.4. The summed E-state index contributed by atoms with van der Waals surface area (Å²) < 4.78 is 0. The van der Waals surface area contributed by atoms with Gasteiger partial charge in [-0.2, -0.15) is 5.10 Å². The largest absolute Gasteiger partial charge is 0.333 e. The summed E-state index contributed by atoms with van der Waals surface area (Å²) in [4.78, 5) is 25.3. The van der Waals surface area contributed by atoms with Gasteiger partial charge in [0.25, 0.3) is 5.91 Å². The first-order valence-corrected chi connectivity index (χ1v) is 6.74. The maximum absolute atomic E-state index is 12.2. The molecular formula is C15H16N4O2. The number of fused-ring (bicyclic) bond motifs is 1. The van der Waals surface area contributed by atoms with Gasteiger partial charge in [0, 0.05) is 18.1 Å². The summed E-state index contributed by atoms with van der Waals surface area (Å²) >= 11 is 0. The van der Waals surface area contributed by atoms with Crippen LogP contribution in [0.5, 0.6) is 0 Å². The van der Waals surface area contributed by atoms with Crippen molar-refractivity contribution in [3.63, 3.8) is 0 Å². The van der Waals surface area contributed by atoms with Crippen molar-refractivity contribution in [1.29, 1.82) is 0 Å². The fourth-order valence-corrected chi connectivity index (χ4v) is 2.43. The summed E-state index contributed by atoms with van der Waals surface area (Å²) in [6.07, 6.45) is 0. The normalized spacial score (nSPS) is 13.1. The molecule has 0 aliphatic carbocycles. The number of anilines is 1. The number of carbonyl (C=O) groups is 2. The highest BCUT2D eigenvalue weighted by atomic mass is 16.2. The minimum absolute atomic E-state index is 0.00978. The molecule has 0 spiro atoms. The lowest BCUT2D eigenvalue weighted by Gasteiger charge is -2.12. The average Bonchev–Trinajstić information content (AvgIpc) is 3.01. The Morgan fingerprint density at radius 1 is 1.33 bits per heavy atom. The van der Waals surface area contributed by atoms with Gasteiger partial charge in [-0.15, -0.1) is 0 Å². The number of nitrogens with one attached hydrogen (secondary N) is 2. The Hall–Kier alpha value is -2.63. The number of amides is 2. The SMILES string of the molecule is CC(=O)N1Cc2[nH]nc(NC(=O)c3cccc(C)c3)c2C1. The number of aromatic nitrogens is 2. The maximum Gasteiger partial charge on any atom is 0.256 e. The van der Waals surface area contributed by atoms with E-state index >= 15 is 0 Å². The summed E-state index contributed by atoms with van der Waals surface area (Å²) in [5.41, 5.74) is 3.38. The third-order valence-corrected chi connectivity index (χ3v) is 3.61. The molecule has 108 valence electrons. The van der Waals surface area contributed by atoms with Gasteiger partial charge in [-0.25, -0.2) is 0 Å². The van der Waals surface area contributed by atoms with Crippen molar-refractivity contribution in [2.45, 2.75) is 26.9 Å². The Kier molecular flexibility index (Phi) is 3.21. The molecule has 1 aromatic carbocycles. The molecule has 0 saturated carbocycles. The lowest BCUT2D eigenvalue weighted by atomic mass is 10.1. The second-order valence-corrected chi connectivity index (χ2v) is 5.23. The number of hydrogen-bond donors (Lipinski definition) is 2. The molecule has 2 amide bonds. The standard InChI is InChI=1S/C15H16N4O2/c1-9-4-3-5-11(6-9)15(21)16-14-12-7-19(10(2)20)8-13(12)17-18-14/h3-6H,7-8H2,1-2H3,(H2,16,17,18,21). The van der Waals surface area contributed by atoms with Gasteiger partial charge in [-0.1, -0.05) is 17.7 Å². The van der Waals surface area contributed by atoms with Crippen LogP contribution < -0.4 is 5.32 Å². The van der Waals surface area contributed by atoms with Crippen molar-refractivity contribution in [2.24, 2.45) is 0 Å². The van der Waals surface area contributed by atoms with Crippen LogP contribution in [0, 0.1) is 6.92 Å². The second-order valence-electron chi connectivity index (χ2n) is 5.23. The van der Waals surface area contributed by atoms with Crippen LogP contribution in [0.25, 0.3) is 0 Å². The van der Waals surface area contributed by atoms with E-state index in [1.54, 1.807) is 11.0 Å². The zero-order valence-corrected chi connectivity index (χ0v) is 11.9. The van der Waals surface area contributed by atoms with Crippen LogP contribution in [0.2, 0.25) is 0 Å². The summed E-state index contributed by atoms with van der Waals surface area (Å²) in [5, 5.41) is 9.81. The molecular weight excluding hydrogens is 268 g/mol. The van der Waals surface area contributed by atoms with E-state index in [9.17, 15) is 9.59 Å². The van der Waals surface area contributed by atoms with Crippen molar-refractivity contribution in [3.8, 4) is 0 Å². The van der Waals surface area contributed by atoms with Crippen LogP contribution in [-0.4, -0.2) is 26.9 Å². The number of nitrogens with zero attached hydrogens (tertiary/aromatic N) is 2. The fraction of sp³-hybridized carbons (Fsp3) is 0.267. The van der Waals surface area contributed by atoms with E-state index in [4.69, 9.17) is 0 Å². The van der Waals surface area contributed by atoms with E-state index in [0.717, 1.165) is 16.8 Å². The van der Waals surface area contributed by atoms with Crippen LogP contribution >= 0.6 is 0 Å². The first-order chi connectivity index (χ1) is 10.0. The van der Waals surface area contributed by atoms with Gasteiger partial charge in [-0.3, -0.25) is 14.7 Å². The van der Waals surface area contributed by atoms with Crippen LogP contribution in [0.4, 0.5) is 5.82 Å². The summed E-state index contributed by atoms with van der Waals surface area (Å²) in [6.45, 7) is 4.46. The summed E-state index contributed by atoms with van der Waals surface area (Å²) in [6, 6.07) is 7.37. The van der Waals surface area contributed by atoms with Crippen LogP contribution in [0.3, 0.4) is 0 Å². The maximum atomic E-state index is 12.2. The topological polar surface area (TPSA) is 78.1 Å². The lowest BCUT2D eigenvalue weighted by Crippen LogP contribution is -2.23. The van der Waals surface area contributed by atoms with E-state index in [1.807, 2.05) is 25.1 Å². The molecule has 2 heterocycles. The zero-order chi connectivity index (χ0) is 15.0. The van der Waals surface area contributed by atoms with Crippen LogP contribution in [-0.2, 0) is 17.9 Å². The van der Waals surface area contributed by atoms with Gasteiger partial charge in [0.1, 0.15) is 0 Å². The van der Waals surface area contributed by atoms with Gasteiger partial charge < -0.3 is 10.2 Å². The predicted octanol–water partition coefficient (Wildman–Crippen LogP) is 1.83. The molecule has 2 aromatic rings. The van der Waals surface area contributed by atoms with E-state index in [1.165, 1.54) is 6.92 Å². The molecule has 0 radical (unpaired) electrons. The fourth-order valence-electron chi connectivity index (χ4n) is 2.43. The minimum atomic E-state index is -0.200. The molecule has 1 aliphatic rings. The smallest absolute Gasteiger partial charge is 0.256 e. The summed E-state index contributed by atoms with van der Waals surface area (Å²) in [5.74, 6) is 0.310. The highest BCUT2D eigenvalue weighted by Crippen LogP contribution is 2.27. The highest BCUT2D eigenvalue weighted by Gasteiger charge is 2.27. The van der Waals surface area contributed by atoms with Crippen molar-refractivity contribution in [3.05, 3.63) is 46.6 Å². The van der Waals surface area contributed by atoms with Gasteiger partial charge in [-0.05, 0) is 19.1 Å². The molecule has 1 aromatic heterocycles. The Bertz CT molecular complexity index is 720. The number of aryl methyl sites for hydroxylation is 1. The van der Waals surface area contributed by atoms with E-state index in [-0.39, 0.29) is 11.8 Å². The quantitative estimate of drug-likeness (QED) is 0.883. The second kappa shape index (κ2) is 5.05. The van der Waals surface area contributed by atoms with Crippen molar-refractivity contribution in [2.75, 3.05) is 5.32 Å². The van der Waals surface area contributed by atoms with Gasteiger partial charge in [0.05, 0.1) is 18.8 Å². The van der Waals surface area contributed by atoms with Gasteiger partial charge >= 0.3 is 0 Å². The molecule has 0 atom stereocenters. The third kappa shape index (κ3) is 2.52. The highest BCUT2D eigenvalue weighted by molar-refractivity contribution is 6.04. The third-order valence-electron chi connectivity index (χ3n) is 3.61. The van der Waals surface area contributed by atoms with Crippen molar-refractivity contribution < 1.29 is 9.59 Å². The number of benzene rings is 1. The summed E-state index contributed by atoms with van der Waals surface area (Å²) in [7, 11) is 0. The van der Waals surface area contributed by atoms with Crippen molar-refractivity contribution >= 4 is 17.6 Å². The average molecular weight is 284 g/mol. The molecule has 0 saturated heterocycles. The Morgan fingerprint density at radius 2 is 2.14 bits per heavy atom. The number of hydrogen-bond acceptors (Lipinski definition) is 3. The molecule has 0 unspecified atom stereocenters. The van der Waals surface area contributed by atoms with Gasteiger partial charge in [0.2, 0.25) is 5.91 Å². The molecule has 0 bridgehead atoms. The Balaban J connectivity index is 1.79. The molecule has 0 fully saturated rings. The molecule has 1 aliphatic heterocycles. The number of rotatable bonds is 2. The Morgan fingerprint density at radius 3 is 2.86 bits per heavy atom. The molecule has 6 nitrogen and oxygen atoms in total. The number of carbonyl (C=O) groups excluding carboxylic acids is 2. The molecule has 6 heteroatoms. The zero-order valence-electron chi connectivity index (χ0n) is 11.9. The first-order valence-electron chi connectivity index (χ1n) is 6.74. The van der Waals surface area contributed by atoms with Gasteiger partial charge in [0.15, 0.2) is 5.82 Å². The van der Waals surface area contributed by atoms with Crippen molar-refractivity contribution in [1.82, 2.24) is 15.1 Å². The van der Waals surface area contributed by atoms with Crippen LogP contribution in [0.1, 0.15) is 34.1 Å². The Labute approximate surface area is 122 Å². The predicted molar refractivity (Wildman–Crippen MR) is 77.6 cm³/mol. The molecule has 21 heavy (non-hydrogen) atoms. The molecule has 3 rings (SSSR count). The molecule has 2 N–H and O–H groups in total. The van der Waals surface area contributed by atoms with Crippen LogP contribution in [0.15, 0.2) is 24.3 Å². The lowest BCUT2D eigenvalue weighted by molar-refractivity contribution is -0.129. The van der Waals surface area contributed by atoms with E-state index in [0.29, 0.717) is 24.5 Å². The van der Waals surface area contributed by atoms with E-state index in [2.05, 4.69) is 15.5 Å². The minimum Gasteiger partial charge on any atom is -0.333 e.